The highest BCUT2D eigenvalue weighted by Crippen LogP contribution is 2.33. The standard InChI is InChI=1S/C11H14N2O4S/c1-3-12-8-4-5-9(13-18(2,15)16)10-7(8)6-17-11(10)14/h4-5,12-13H,3,6H2,1-2H3. The lowest BCUT2D eigenvalue weighted by atomic mass is 10.1. The number of carbonyl (C=O) groups excluding carboxylic acids is 1. The van der Waals surface area contributed by atoms with Gasteiger partial charge in [-0.2, -0.15) is 0 Å². The molecule has 1 aliphatic heterocycles. The van der Waals surface area contributed by atoms with Gasteiger partial charge in [-0.05, 0) is 19.1 Å². The zero-order chi connectivity index (χ0) is 13.3. The van der Waals surface area contributed by atoms with Gasteiger partial charge in [-0.15, -0.1) is 0 Å². The van der Waals surface area contributed by atoms with Crippen LogP contribution in [0, 0.1) is 0 Å². The van der Waals surface area contributed by atoms with Crippen LogP contribution >= 0.6 is 0 Å². The Labute approximate surface area is 105 Å². The van der Waals surface area contributed by atoms with E-state index in [1.807, 2.05) is 6.92 Å². The van der Waals surface area contributed by atoms with E-state index >= 15 is 0 Å². The fourth-order valence-corrected chi connectivity index (χ4v) is 2.45. The minimum absolute atomic E-state index is 0.162. The molecule has 7 heteroatoms. The maximum Gasteiger partial charge on any atom is 0.341 e. The number of sulfonamides is 1. The van der Waals surface area contributed by atoms with Crippen LogP contribution in [0.15, 0.2) is 12.1 Å². The number of rotatable bonds is 4. The summed E-state index contributed by atoms with van der Waals surface area (Å²) < 4.78 is 29.8. The number of ether oxygens (including phenoxy) is 1. The highest BCUT2D eigenvalue weighted by molar-refractivity contribution is 7.92. The van der Waals surface area contributed by atoms with Crippen molar-refractivity contribution in [3.05, 3.63) is 23.3 Å². The Kier molecular flexibility index (Phi) is 3.16. The van der Waals surface area contributed by atoms with Gasteiger partial charge in [-0.3, -0.25) is 4.72 Å². The van der Waals surface area contributed by atoms with Crippen molar-refractivity contribution in [2.75, 3.05) is 22.8 Å². The second kappa shape index (κ2) is 4.49. The lowest BCUT2D eigenvalue weighted by molar-refractivity contribution is 0.0536. The first-order valence-corrected chi connectivity index (χ1v) is 7.36. The molecule has 98 valence electrons. The third-order valence-electron chi connectivity index (χ3n) is 2.53. The molecule has 0 saturated carbocycles. The first-order chi connectivity index (χ1) is 8.42. The summed E-state index contributed by atoms with van der Waals surface area (Å²) in [5, 5.41) is 3.11. The average molecular weight is 270 g/mol. The molecule has 0 fully saturated rings. The highest BCUT2D eigenvalue weighted by atomic mass is 32.2. The second-order valence-corrected chi connectivity index (χ2v) is 5.74. The van der Waals surface area contributed by atoms with E-state index in [2.05, 4.69) is 10.0 Å². The molecule has 18 heavy (non-hydrogen) atoms. The quantitative estimate of drug-likeness (QED) is 0.802. The van der Waals surface area contributed by atoms with Crippen molar-refractivity contribution in [3.63, 3.8) is 0 Å². The Morgan fingerprint density at radius 2 is 2.00 bits per heavy atom. The molecule has 1 aliphatic rings. The van der Waals surface area contributed by atoms with Gasteiger partial charge in [0, 0.05) is 17.8 Å². The zero-order valence-electron chi connectivity index (χ0n) is 10.1. The summed E-state index contributed by atoms with van der Waals surface area (Å²) in [4.78, 5) is 11.6. The maximum atomic E-state index is 11.6. The molecule has 0 aromatic heterocycles. The minimum atomic E-state index is -3.43. The zero-order valence-corrected chi connectivity index (χ0v) is 10.9. The summed E-state index contributed by atoms with van der Waals surface area (Å²) in [7, 11) is -3.43. The van der Waals surface area contributed by atoms with E-state index in [0.717, 1.165) is 11.9 Å². The summed E-state index contributed by atoms with van der Waals surface area (Å²) in [6, 6.07) is 3.29. The third kappa shape index (κ3) is 2.40. The van der Waals surface area contributed by atoms with Crippen LogP contribution in [0.25, 0.3) is 0 Å². The number of fused-ring (bicyclic) bond motifs is 1. The number of nitrogens with one attached hydrogen (secondary N) is 2. The van der Waals surface area contributed by atoms with Crippen LogP contribution in [0.2, 0.25) is 0 Å². The molecule has 0 atom stereocenters. The van der Waals surface area contributed by atoms with Gasteiger partial charge >= 0.3 is 5.97 Å². The molecular weight excluding hydrogens is 256 g/mol. The molecule has 0 bridgehead atoms. The predicted octanol–water partition coefficient (Wildman–Crippen LogP) is 1.16. The smallest absolute Gasteiger partial charge is 0.341 e. The van der Waals surface area contributed by atoms with Crippen LogP contribution in [0.5, 0.6) is 0 Å². The summed E-state index contributed by atoms with van der Waals surface area (Å²) in [5.74, 6) is -0.504. The molecule has 1 heterocycles. The van der Waals surface area contributed by atoms with Gasteiger partial charge in [0.2, 0.25) is 10.0 Å². The maximum absolute atomic E-state index is 11.6. The number of cyclic esters (lactones) is 1. The molecule has 0 unspecified atom stereocenters. The van der Waals surface area contributed by atoms with Gasteiger partial charge in [0.15, 0.2) is 0 Å². The molecule has 0 spiro atoms. The molecule has 0 saturated heterocycles. The van der Waals surface area contributed by atoms with E-state index in [1.54, 1.807) is 12.1 Å². The van der Waals surface area contributed by atoms with E-state index < -0.39 is 16.0 Å². The third-order valence-corrected chi connectivity index (χ3v) is 3.12. The second-order valence-electron chi connectivity index (χ2n) is 3.99. The number of hydrogen-bond donors (Lipinski definition) is 2. The molecule has 1 aromatic rings. The van der Waals surface area contributed by atoms with Gasteiger partial charge in [-0.25, -0.2) is 13.2 Å². The Morgan fingerprint density at radius 3 is 2.61 bits per heavy atom. The molecule has 6 nitrogen and oxygen atoms in total. The number of esters is 1. The van der Waals surface area contributed by atoms with Crippen LogP contribution < -0.4 is 10.0 Å². The van der Waals surface area contributed by atoms with Crippen LogP contribution in [0.4, 0.5) is 11.4 Å². The fourth-order valence-electron chi connectivity index (χ4n) is 1.88. The van der Waals surface area contributed by atoms with Crippen LogP contribution in [-0.4, -0.2) is 27.2 Å². The molecule has 1 aromatic carbocycles. The normalized spacial score (nSPS) is 14.0. The van der Waals surface area contributed by atoms with Crippen molar-refractivity contribution >= 4 is 27.4 Å². The first-order valence-electron chi connectivity index (χ1n) is 5.47. The van der Waals surface area contributed by atoms with E-state index in [4.69, 9.17) is 4.74 Å². The van der Waals surface area contributed by atoms with E-state index in [-0.39, 0.29) is 12.3 Å². The van der Waals surface area contributed by atoms with Crippen molar-refractivity contribution < 1.29 is 17.9 Å². The number of carbonyl (C=O) groups is 1. The van der Waals surface area contributed by atoms with Gasteiger partial charge < -0.3 is 10.1 Å². The van der Waals surface area contributed by atoms with Crippen LogP contribution in [0.1, 0.15) is 22.8 Å². The van der Waals surface area contributed by atoms with Crippen molar-refractivity contribution in [3.8, 4) is 0 Å². The Balaban J connectivity index is 2.51. The number of anilines is 2. The van der Waals surface area contributed by atoms with Gasteiger partial charge in [-0.1, -0.05) is 0 Å². The number of hydrogen-bond acceptors (Lipinski definition) is 5. The Hall–Kier alpha value is -1.76. The van der Waals surface area contributed by atoms with Crippen LogP contribution in [-0.2, 0) is 21.4 Å². The molecule has 0 aliphatic carbocycles. The topological polar surface area (TPSA) is 84.5 Å². The lowest BCUT2D eigenvalue weighted by Gasteiger charge is -2.11. The molecule has 2 rings (SSSR count). The van der Waals surface area contributed by atoms with Crippen molar-refractivity contribution in [2.24, 2.45) is 0 Å². The molecule has 0 amide bonds. The average Bonchev–Trinajstić information content (AvgIpc) is 2.63. The van der Waals surface area contributed by atoms with Crippen molar-refractivity contribution in [1.82, 2.24) is 0 Å². The van der Waals surface area contributed by atoms with E-state index in [9.17, 15) is 13.2 Å². The van der Waals surface area contributed by atoms with Crippen molar-refractivity contribution in [2.45, 2.75) is 13.5 Å². The lowest BCUT2D eigenvalue weighted by Crippen LogP contribution is -2.13. The van der Waals surface area contributed by atoms with Crippen molar-refractivity contribution in [1.29, 1.82) is 0 Å². The SMILES string of the molecule is CCNc1ccc(NS(C)(=O)=O)c2c1COC2=O. The minimum Gasteiger partial charge on any atom is -0.457 e. The fraction of sp³-hybridized carbons (Fsp3) is 0.364. The van der Waals surface area contributed by atoms with Crippen LogP contribution in [0.3, 0.4) is 0 Å². The van der Waals surface area contributed by atoms with Gasteiger partial charge in [0.1, 0.15) is 6.61 Å². The van der Waals surface area contributed by atoms with Gasteiger partial charge in [0.25, 0.3) is 0 Å². The first kappa shape index (κ1) is 12.7. The Morgan fingerprint density at radius 1 is 1.33 bits per heavy atom. The largest absolute Gasteiger partial charge is 0.457 e. The Bertz CT molecular complexity index is 595. The van der Waals surface area contributed by atoms with E-state index in [0.29, 0.717) is 17.7 Å². The molecule has 0 radical (unpaired) electrons. The molecular formula is C11H14N2O4S. The molecule has 2 N–H and O–H groups in total. The summed E-state index contributed by atoms with van der Waals surface area (Å²) in [5.41, 5.74) is 2.03. The summed E-state index contributed by atoms with van der Waals surface area (Å²) >= 11 is 0. The van der Waals surface area contributed by atoms with E-state index in [1.165, 1.54) is 0 Å². The number of benzene rings is 1. The summed E-state index contributed by atoms with van der Waals surface area (Å²) in [6.07, 6.45) is 1.04. The predicted molar refractivity (Wildman–Crippen MR) is 68.2 cm³/mol. The highest BCUT2D eigenvalue weighted by Gasteiger charge is 2.28. The van der Waals surface area contributed by atoms with Gasteiger partial charge in [0.05, 0.1) is 17.5 Å². The monoisotopic (exact) mass is 270 g/mol. The summed E-state index contributed by atoms with van der Waals surface area (Å²) in [6.45, 7) is 2.81.